The van der Waals surface area contributed by atoms with Gasteiger partial charge in [0.05, 0.1) is 39.9 Å². The summed E-state index contributed by atoms with van der Waals surface area (Å²) in [6.07, 6.45) is 0. The van der Waals surface area contributed by atoms with Gasteiger partial charge in [-0.3, -0.25) is 18.7 Å². The van der Waals surface area contributed by atoms with Crippen LogP contribution >= 0.6 is 0 Å². The van der Waals surface area contributed by atoms with E-state index in [1.165, 1.54) is 45.8 Å². The predicted molar refractivity (Wildman–Crippen MR) is 251 cm³/mol. The molecule has 0 spiro atoms. The van der Waals surface area contributed by atoms with E-state index in [0.29, 0.717) is 52.5 Å². The number of nitrogens with zero attached hydrogens (tertiary/aromatic N) is 10. The number of carbonyl (C=O) groups is 1. The molecular formula is C43H62F2N14O5S2. The zero-order valence-electron chi connectivity index (χ0n) is 39.9. The fourth-order valence-electron chi connectivity index (χ4n) is 6.96. The van der Waals surface area contributed by atoms with Crippen molar-refractivity contribution in [3.63, 3.8) is 0 Å². The third-order valence-corrected chi connectivity index (χ3v) is 12.0. The Morgan fingerprint density at radius 3 is 1.48 bits per heavy atom. The number of urea groups is 1. The maximum absolute atomic E-state index is 14.5. The zero-order chi connectivity index (χ0) is 49.7. The molecule has 0 fully saturated rings. The number of aromatic nitrogens is 8. The lowest BCUT2D eigenvalue weighted by Gasteiger charge is -2.19. The Morgan fingerprint density at radius 1 is 0.652 bits per heavy atom. The molecule has 4 aromatic heterocycles. The average molecular weight is 957 g/mol. The Balaban J connectivity index is 0.000000247. The minimum atomic E-state index is -4.24. The average Bonchev–Trinajstić information content (AvgIpc) is 3.94. The molecule has 0 saturated heterocycles. The Hall–Kier alpha value is -6.01. The van der Waals surface area contributed by atoms with E-state index in [4.69, 9.17) is 10.9 Å². The number of nitrogens with two attached hydrogens (primary N) is 2. The van der Waals surface area contributed by atoms with Crippen LogP contribution in [0.5, 0.6) is 0 Å². The summed E-state index contributed by atoms with van der Waals surface area (Å²) in [5.41, 5.74) is 14.1. The van der Waals surface area contributed by atoms with Crippen molar-refractivity contribution in [3.8, 4) is 22.5 Å². The van der Waals surface area contributed by atoms with Crippen molar-refractivity contribution >= 4 is 37.5 Å². The number of rotatable bonds is 12. The molecule has 0 aliphatic heterocycles. The van der Waals surface area contributed by atoms with Gasteiger partial charge >= 0.3 is 6.03 Å². The van der Waals surface area contributed by atoms with Crippen molar-refractivity contribution in [2.45, 2.75) is 76.5 Å². The van der Waals surface area contributed by atoms with Crippen LogP contribution in [0.15, 0.2) is 58.6 Å². The third kappa shape index (κ3) is 13.3. The highest BCUT2D eigenvalue weighted by Crippen LogP contribution is 2.37. The van der Waals surface area contributed by atoms with Gasteiger partial charge in [0.25, 0.3) is 20.0 Å². The van der Waals surface area contributed by atoms with Crippen molar-refractivity contribution in [1.29, 1.82) is 0 Å². The molecule has 360 valence electrons. The molecule has 6 N–H and O–H groups in total. The van der Waals surface area contributed by atoms with Gasteiger partial charge in [-0.15, -0.1) is 0 Å². The summed E-state index contributed by atoms with van der Waals surface area (Å²) in [6, 6.07) is 11.2. The molecule has 6 rings (SSSR count). The molecule has 0 aliphatic carbocycles. The van der Waals surface area contributed by atoms with Gasteiger partial charge in [-0.1, -0.05) is 27.7 Å². The number of halogens is 2. The van der Waals surface area contributed by atoms with E-state index in [1.807, 2.05) is 90.4 Å². The first-order chi connectivity index (χ1) is 30.5. The minimum absolute atomic E-state index is 0.0862. The van der Waals surface area contributed by atoms with Gasteiger partial charge in [0.2, 0.25) is 0 Å². The Morgan fingerprint density at radius 2 is 1.08 bits per heavy atom. The van der Waals surface area contributed by atoms with Crippen molar-refractivity contribution < 1.29 is 30.4 Å². The van der Waals surface area contributed by atoms with E-state index >= 15 is 0 Å². The monoisotopic (exact) mass is 956 g/mol. The first kappa shape index (κ1) is 52.6. The van der Waals surface area contributed by atoms with Crippen LogP contribution in [0.1, 0.15) is 73.4 Å². The summed E-state index contributed by atoms with van der Waals surface area (Å²) in [5, 5.41) is 23.6. The molecule has 0 saturated carbocycles. The second-order valence-electron chi connectivity index (χ2n) is 17.0. The van der Waals surface area contributed by atoms with Crippen LogP contribution in [-0.2, 0) is 61.3 Å². The first-order valence-electron chi connectivity index (χ1n) is 20.6. The van der Waals surface area contributed by atoms with E-state index in [1.54, 1.807) is 43.5 Å². The lowest BCUT2D eigenvalue weighted by molar-refractivity contribution is 0.256. The van der Waals surface area contributed by atoms with Gasteiger partial charge in [0.15, 0.2) is 10.1 Å². The predicted octanol–water partition coefficient (Wildman–Crippen LogP) is 5.33. The van der Waals surface area contributed by atoms with Gasteiger partial charge in [0, 0.05) is 70.2 Å². The van der Waals surface area contributed by atoms with Gasteiger partial charge in [0.1, 0.15) is 11.6 Å². The molecule has 0 aliphatic rings. The van der Waals surface area contributed by atoms with Crippen molar-refractivity contribution in [2.24, 2.45) is 33.3 Å². The maximum Gasteiger partial charge on any atom is 0.333 e. The number of nitrogens with one attached hydrogen (secondary N) is 2. The smallest absolute Gasteiger partial charge is 0.333 e. The molecule has 23 heteroatoms. The number of benzene rings is 2. The normalized spacial score (nSPS) is 11.8. The summed E-state index contributed by atoms with van der Waals surface area (Å²) >= 11 is 0. The maximum atomic E-state index is 14.5. The highest BCUT2D eigenvalue weighted by molar-refractivity contribution is 7.90. The van der Waals surface area contributed by atoms with Gasteiger partial charge in [-0.2, -0.15) is 28.8 Å². The standard InChI is InChI=1S/C22H30FN7O3S.C14H18FN3.C7H14N4O2S/c1-13(2)17-9-15(23)10-18(19-8-14(3)25-30(19)7)21(17)24-22(31)27-34(32,33)20-11-16(12-28(4)5)29(6)26-20;1-8(2)11-6-10(15)7-12(14(11)16)13-5-9(3)17-18(13)4;1-10(2)5-6-4-7(9-11(6)3)14(8,12)13/h8-11,13H,12H2,1-7H3,(H2,24,27,31);5-8H,16H2,1-4H3;4H,5H2,1-3H3,(H2,8,12,13). The van der Waals surface area contributed by atoms with Crippen LogP contribution in [-0.4, -0.2) is 100.0 Å². The third-order valence-electron chi connectivity index (χ3n) is 10.0. The second-order valence-corrected chi connectivity index (χ2v) is 20.2. The summed E-state index contributed by atoms with van der Waals surface area (Å²) in [6.45, 7) is 12.5. The number of sulfonamides is 2. The molecule has 4 heterocycles. The fraction of sp³-hybridized carbons (Fsp3) is 0.419. The van der Waals surface area contributed by atoms with Crippen LogP contribution in [0, 0.1) is 25.5 Å². The molecular weight excluding hydrogens is 895 g/mol. The summed E-state index contributed by atoms with van der Waals surface area (Å²) < 4.78 is 84.1. The number of nitrogen functional groups attached to an aromatic ring is 1. The van der Waals surface area contributed by atoms with Crippen LogP contribution in [0.25, 0.3) is 22.5 Å². The van der Waals surface area contributed by atoms with Gasteiger partial charge in [-0.25, -0.2) is 31.9 Å². The Kier molecular flexibility index (Phi) is 16.8. The number of primary sulfonamides is 1. The molecule has 0 unspecified atom stereocenters. The summed E-state index contributed by atoms with van der Waals surface area (Å²) in [5.74, 6) is -0.700. The van der Waals surface area contributed by atoms with Gasteiger partial charge < -0.3 is 20.9 Å². The molecule has 2 amide bonds. The largest absolute Gasteiger partial charge is 0.398 e. The highest BCUT2D eigenvalue weighted by Gasteiger charge is 2.26. The number of anilines is 2. The van der Waals surface area contributed by atoms with Crippen molar-refractivity contribution in [1.82, 2.24) is 53.6 Å². The molecule has 6 aromatic rings. The molecule has 0 atom stereocenters. The lowest BCUT2D eigenvalue weighted by Crippen LogP contribution is -2.35. The quantitative estimate of drug-likeness (QED) is 0.114. The van der Waals surface area contributed by atoms with Crippen LogP contribution in [0.2, 0.25) is 0 Å². The van der Waals surface area contributed by atoms with Crippen LogP contribution in [0.3, 0.4) is 0 Å². The SMILES string of the molecule is CN(C)Cc1cc(S(N)(=O)=O)nn1C.Cc1cc(-c2cc(F)cc(C(C)C)c2N)n(C)n1.Cc1cc(-c2cc(F)cc(C(C)C)c2NC(=O)NS(=O)(=O)c2cc(CN(C)C)n(C)n2)n(C)n1. The Labute approximate surface area is 385 Å². The van der Waals surface area contributed by atoms with E-state index in [0.717, 1.165) is 28.3 Å². The lowest BCUT2D eigenvalue weighted by atomic mass is 9.96. The molecule has 19 nitrogen and oxygen atoms in total. The van der Waals surface area contributed by atoms with E-state index in [-0.39, 0.29) is 27.7 Å². The number of carbonyl (C=O) groups excluding carboxylic acids is 1. The fourth-order valence-corrected chi connectivity index (χ4v) is 8.42. The van der Waals surface area contributed by atoms with Crippen molar-refractivity contribution in [3.05, 3.63) is 94.1 Å². The molecule has 66 heavy (non-hydrogen) atoms. The number of amides is 2. The topological polar surface area (TPSA) is 239 Å². The molecule has 0 bridgehead atoms. The Bertz CT molecular complexity index is 2920. The second kappa shape index (κ2) is 21.1. The summed E-state index contributed by atoms with van der Waals surface area (Å²) in [7, 11) is 6.42. The minimum Gasteiger partial charge on any atom is -0.398 e. The number of hydrogen-bond acceptors (Lipinski definition) is 12. The van der Waals surface area contributed by atoms with E-state index in [9.17, 15) is 30.4 Å². The van der Waals surface area contributed by atoms with E-state index < -0.39 is 31.9 Å². The first-order valence-corrected chi connectivity index (χ1v) is 23.7. The number of hydrogen-bond donors (Lipinski definition) is 4. The van der Waals surface area contributed by atoms with Crippen molar-refractivity contribution in [2.75, 3.05) is 39.2 Å². The zero-order valence-corrected chi connectivity index (χ0v) is 41.6. The highest BCUT2D eigenvalue weighted by atomic mass is 32.2. The number of aryl methyl sites for hydroxylation is 6. The molecule has 0 radical (unpaired) electrons. The van der Waals surface area contributed by atoms with Crippen LogP contribution < -0.4 is 20.9 Å². The van der Waals surface area contributed by atoms with E-state index in [2.05, 4.69) is 25.7 Å². The molecule has 2 aromatic carbocycles. The van der Waals surface area contributed by atoms with Gasteiger partial charge in [-0.05, 0) is 101 Å². The summed E-state index contributed by atoms with van der Waals surface area (Å²) in [4.78, 5) is 16.6. The van der Waals surface area contributed by atoms with Crippen LogP contribution in [0.4, 0.5) is 25.0 Å².